The van der Waals surface area contributed by atoms with Crippen LogP contribution in [0.3, 0.4) is 0 Å². The summed E-state index contributed by atoms with van der Waals surface area (Å²) < 4.78 is 79.3. The monoisotopic (exact) mass is 315 g/mol. The van der Waals surface area contributed by atoms with Crippen molar-refractivity contribution < 1.29 is 31.7 Å². The normalized spacial score (nSPS) is 17.2. The molecule has 0 fully saturated rings. The number of hydrogen-bond acceptors (Lipinski definition) is 3. The molecule has 0 aliphatic rings. The number of hydrogen-bond donors (Lipinski definition) is 0. The first-order chi connectivity index (χ1) is 4.51. The summed E-state index contributed by atoms with van der Waals surface area (Å²) in [6, 6.07) is 0. The third kappa shape index (κ3) is 123. The van der Waals surface area contributed by atoms with Crippen LogP contribution in [-0.4, -0.2) is 29.1 Å². The average molecular weight is 316 g/mol. The summed E-state index contributed by atoms with van der Waals surface area (Å²) in [5.74, 6) is 0. The average Bonchev–Trinajstić information content (AvgIpc) is 1.59. The van der Waals surface area contributed by atoms with E-state index in [-0.39, 0.29) is 0 Å². The van der Waals surface area contributed by atoms with E-state index in [2.05, 4.69) is 4.39 Å². The molecule has 11 heavy (non-hydrogen) atoms. The van der Waals surface area contributed by atoms with E-state index in [9.17, 15) is 18.6 Å². The first-order valence-corrected chi connectivity index (χ1v) is 7.32. The zero-order valence-corrected chi connectivity index (χ0v) is 7.72. The van der Waals surface area contributed by atoms with Gasteiger partial charge in [-0.25, -0.2) is 4.21 Å². The molecular formula is F6O3SSb-. The standard InChI is InChI=1S/FHO3S.5FH.Sb/c1-4-5(2)3;;;;;;/h(H,2,3);5*1H;/q;;;;;;+5/p-6. The van der Waals surface area contributed by atoms with E-state index in [0.29, 0.717) is 0 Å². The van der Waals surface area contributed by atoms with Gasteiger partial charge >= 0.3 is 34.4 Å². The van der Waals surface area contributed by atoms with Gasteiger partial charge < -0.3 is 4.55 Å². The van der Waals surface area contributed by atoms with Gasteiger partial charge in [0.2, 0.25) is 0 Å². The molecule has 0 saturated heterocycles. The fraction of sp³-hybridized carbons (Fsp3) is 0. The van der Waals surface area contributed by atoms with E-state index in [4.69, 9.17) is 8.76 Å². The first-order valence-electron chi connectivity index (χ1n) is 1.50. The molecule has 0 radical (unpaired) electrons. The summed E-state index contributed by atoms with van der Waals surface area (Å²) in [7, 11) is 0. The van der Waals surface area contributed by atoms with Crippen molar-refractivity contribution in [3.63, 3.8) is 0 Å². The van der Waals surface area contributed by atoms with Crippen LogP contribution < -0.4 is 0 Å². The van der Waals surface area contributed by atoms with Crippen LogP contribution >= 0.6 is 0 Å². The van der Waals surface area contributed by atoms with Gasteiger partial charge in [0.15, 0.2) is 0 Å². The molecule has 0 spiro atoms. The Kier molecular flexibility index (Phi) is 5.71. The molecule has 0 heterocycles. The molecule has 0 amide bonds. The fourth-order valence-corrected chi connectivity index (χ4v) is 0. The summed E-state index contributed by atoms with van der Waals surface area (Å²) in [6.45, 7) is 0. The zero-order chi connectivity index (χ0) is 9.73. The molecule has 0 aliphatic heterocycles. The summed E-state index contributed by atoms with van der Waals surface area (Å²) in [4.78, 5) is 0. The van der Waals surface area contributed by atoms with Gasteiger partial charge in [0.1, 0.15) is 11.4 Å². The van der Waals surface area contributed by atoms with Crippen molar-refractivity contribution in [3.05, 3.63) is 0 Å². The third-order valence-corrected chi connectivity index (χ3v) is 0.154. The Labute approximate surface area is 63.8 Å². The molecule has 0 rings (SSSR count). The van der Waals surface area contributed by atoms with Crippen LogP contribution in [0.5, 0.6) is 0 Å². The molecule has 0 aromatic heterocycles. The van der Waals surface area contributed by atoms with Gasteiger partial charge in [0, 0.05) is 0 Å². The summed E-state index contributed by atoms with van der Waals surface area (Å²) >= 11 is -12.2. The maximum absolute atomic E-state index is 10.0. The molecule has 0 aromatic carbocycles. The molecule has 0 bridgehead atoms. The fourth-order valence-electron chi connectivity index (χ4n) is 0. The number of rotatable bonds is 1. The van der Waals surface area contributed by atoms with Gasteiger partial charge in [-0.05, 0) is 4.53 Å². The molecule has 1 unspecified atom stereocenters. The van der Waals surface area contributed by atoms with Crippen molar-refractivity contribution in [2.24, 2.45) is 0 Å². The molecule has 3 nitrogen and oxygen atoms in total. The van der Waals surface area contributed by atoms with Crippen LogP contribution in [0, 0.1) is 0 Å². The van der Waals surface area contributed by atoms with Crippen LogP contribution in [0.15, 0.2) is 0 Å². The van der Waals surface area contributed by atoms with Crippen molar-refractivity contribution in [1.82, 2.24) is 0 Å². The van der Waals surface area contributed by atoms with Gasteiger partial charge in [-0.3, -0.25) is 0 Å². The van der Waals surface area contributed by atoms with Crippen LogP contribution in [-0.2, 0) is 15.7 Å². The van der Waals surface area contributed by atoms with Crippen molar-refractivity contribution >= 4 is 31.7 Å². The second-order valence-electron chi connectivity index (χ2n) is 0.906. The topological polar surface area (TPSA) is 49.4 Å². The zero-order valence-electron chi connectivity index (χ0n) is 4.35. The summed E-state index contributed by atoms with van der Waals surface area (Å²) in [5, 5.41) is 0. The van der Waals surface area contributed by atoms with E-state index in [1.807, 2.05) is 0 Å². The van der Waals surface area contributed by atoms with E-state index in [0.717, 1.165) is 0 Å². The van der Waals surface area contributed by atoms with Crippen molar-refractivity contribution in [2.45, 2.75) is 0 Å². The predicted octanol–water partition coefficient (Wildman–Crippen LogP) is 1.40. The Hall–Kier alpha value is 0.468. The molecule has 11 heteroatoms. The van der Waals surface area contributed by atoms with Crippen molar-refractivity contribution in [2.75, 3.05) is 0 Å². The second-order valence-corrected chi connectivity index (χ2v) is 5.09. The van der Waals surface area contributed by atoms with Gasteiger partial charge in [0.25, 0.3) is 0 Å². The van der Waals surface area contributed by atoms with E-state index >= 15 is 0 Å². The van der Waals surface area contributed by atoms with Crippen LogP contribution in [0.4, 0.5) is 18.6 Å². The maximum atomic E-state index is 10.0. The van der Waals surface area contributed by atoms with Crippen molar-refractivity contribution in [1.29, 1.82) is 0 Å². The predicted molar refractivity (Wildman–Crippen MR) is 22.4 cm³/mol. The molecule has 0 saturated carbocycles. The Balaban J connectivity index is 0. The summed E-state index contributed by atoms with van der Waals surface area (Å²) in [6.07, 6.45) is 0. The third-order valence-electron chi connectivity index (χ3n) is 0.0514. The molecule has 1 atom stereocenters. The molecule has 0 aliphatic carbocycles. The van der Waals surface area contributed by atoms with Crippen LogP contribution in [0.2, 0.25) is 0 Å². The Morgan fingerprint density at radius 2 is 1.27 bits per heavy atom. The van der Waals surface area contributed by atoms with Crippen LogP contribution in [0.25, 0.3) is 0 Å². The minimum atomic E-state index is -9.19. The van der Waals surface area contributed by atoms with Crippen molar-refractivity contribution in [3.8, 4) is 0 Å². The molecule has 0 N–H and O–H groups in total. The minimum absolute atomic E-state index is 2.17. The van der Waals surface area contributed by atoms with Crippen LogP contribution in [0.1, 0.15) is 0 Å². The quantitative estimate of drug-likeness (QED) is 0.417. The summed E-state index contributed by atoms with van der Waals surface area (Å²) in [5.41, 5.74) is 0. The van der Waals surface area contributed by atoms with Gasteiger partial charge in [-0.15, -0.1) is 4.39 Å². The Morgan fingerprint density at radius 3 is 1.27 bits per heavy atom. The molecule has 72 valence electrons. The number of halogens is 6. The Bertz CT molecular complexity index is 120. The van der Waals surface area contributed by atoms with Gasteiger partial charge in [0.05, 0.1) is 0 Å². The van der Waals surface area contributed by atoms with Gasteiger partial charge in [-0.2, -0.15) is 0 Å². The SMILES string of the molecule is O=S([O-])OF.[F][Sb]([F])([F])([F])[F]. The van der Waals surface area contributed by atoms with Gasteiger partial charge in [-0.1, -0.05) is 0 Å². The van der Waals surface area contributed by atoms with E-state index in [1.165, 1.54) is 0 Å². The Morgan fingerprint density at radius 1 is 1.18 bits per heavy atom. The van der Waals surface area contributed by atoms with E-state index < -0.39 is 31.7 Å². The first kappa shape index (κ1) is 14.0. The molecule has 0 aromatic rings. The second kappa shape index (κ2) is 4.48. The van der Waals surface area contributed by atoms with E-state index in [1.54, 1.807) is 0 Å². The molecular weight excluding hydrogens is 316 g/mol.